The van der Waals surface area contributed by atoms with Gasteiger partial charge >= 0.3 is 0 Å². The molecule has 0 aliphatic carbocycles. The fourth-order valence-electron chi connectivity index (χ4n) is 0.452. The van der Waals surface area contributed by atoms with Gasteiger partial charge in [0.05, 0.1) is 3.57 Å². The molecule has 0 amide bonds. The van der Waals surface area contributed by atoms with E-state index in [1.807, 2.05) is 12.1 Å². The average Bonchev–Trinajstić information content (AvgIpc) is 1.77. The highest BCUT2D eigenvalue weighted by molar-refractivity contribution is 14.1. The normalized spacial score (nSPS) is 9.12. The maximum atomic E-state index is 8.91. The summed E-state index contributed by atoms with van der Waals surface area (Å²) < 4.78 is 0.894. The number of hydrogen-bond acceptors (Lipinski definition) is 1. The lowest BCUT2D eigenvalue weighted by molar-refractivity contribution is 0.471. The van der Waals surface area contributed by atoms with Crippen LogP contribution in [-0.2, 0) is 0 Å². The molecule has 1 N–H and O–H groups in total. The van der Waals surface area contributed by atoms with Gasteiger partial charge in [0.15, 0.2) is 0 Å². The topological polar surface area (TPSA) is 20.2 Å². The molecule has 1 nitrogen and oxygen atoms in total. The highest BCUT2D eigenvalue weighted by Crippen LogP contribution is 2.16. The Morgan fingerprint density at radius 1 is 1.25 bits per heavy atom. The Balaban J connectivity index is 3.13. The summed E-state index contributed by atoms with van der Waals surface area (Å²) in [4.78, 5) is 0. The molecule has 1 aromatic carbocycles. The molecule has 0 aliphatic heterocycles. The third-order valence-corrected chi connectivity index (χ3v) is 1.76. The quantitative estimate of drug-likeness (QED) is 0.668. The van der Waals surface area contributed by atoms with E-state index in [1.165, 1.54) is 0 Å². The van der Waals surface area contributed by atoms with E-state index in [1.54, 1.807) is 12.1 Å². The molecule has 0 radical (unpaired) electrons. The van der Waals surface area contributed by atoms with Gasteiger partial charge in [-0.1, -0.05) is 12.1 Å². The first kappa shape index (κ1) is 5.88. The molecule has 42 valence electrons. The van der Waals surface area contributed by atoms with E-state index < -0.39 is 0 Å². The summed E-state index contributed by atoms with van der Waals surface area (Å²) in [5.41, 5.74) is 0. The Morgan fingerprint density at radius 2 is 1.88 bits per heavy atom. The third-order valence-electron chi connectivity index (χ3n) is 0.852. The van der Waals surface area contributed by atoms with Crippen molar-refractivity contribution in [3.05, 3.63) is 27.8 Å². The van der Waals surface area contributed by atoms with E-state index in [9.17, 15) is 0 Å². The first-order valence-electron chi connectivity index (χ1n) is 2.24. The number of phenols is 1. The largest absolute Gasteiger partial charge is 0.507 e. The van der Waals surface area contributed by atoms with Crippen LogP contribution in [0, 0.1) is 3.57 Å². The van der Waals surface area contributed by atoms with Crippen LogP contribution in [0.5, 0.6) is 5.75 Å². The number of hydrogen-bond donors (Lipinski definition) is 1. The Morgan fingerprint density at radius 3 is 2.25 bits per heavy atom. The maximum absolute atomic E-state index is 8.91. The van der Waals surface area contributed by atoms with Crippen LogP contribution in [0.2, 0.25) is 0 Å². The molecule has 8 heavy (non-hydrogen) atoms. The summed E-state index contributed by atoms with van der Waals surface area (Å²) in [5.74, 6) is 0.355. The van der Waals surface area contributed by atoms with Crippen LogP contribution in [0.1, 0.15) is 0 Å². The lowest BCUT2D eigenvalue weighted by Gasteiger charge is -1.90. The predicted molar refractivity (Wildman–Crippen MR) is 40.8 cm³/mol. The molecule has 0 saturated heterocycles. The number of phenolic OH excluding ortho intramolecular Hbond substituents is 1. The molecule has 1 rings (SSSR count). The van der Waals surface area contributed by atoms with Gasteiger partial charge in [0, 0.05) is 0 Å². The van der Waals surface area contributed by atoms with Crippen molar-refractivity contribution in [2.24, 2.45) is 0 Å². The summed E-state index contributed by atoms with van der Waals surface area (Å²) in [6.45, 7) is 0. The molecule has 2 heteroatoms. The van der Waals surface area contributed by atoms with Crippen molar-refractivity contribution in [1.82, 2.24) is 0 Å². The highest BCUT2D eigenvalue weighted by atomic mass is 131. The fourth-order valence-corrected chi connectivity index (χ4v) is 0.839. The average molecular weight is 224 g/mol. The molecule has 0 atom stereocenters. The van der Waals surface area contributed by atoms with E-state index in [-0.39, 0.29) is 0 Å². The van der Waals surface area contributed by atoms with Crippen LogP contribution in [0.25, 0.3) is 0 Å². The number of aromatic hydroxyl groups is 1. The summed E-state index contributed by atoms with van der Waals surface area (Å²) in [6.07, 6.45) is 0. The van der Waals surface area contributed by atoms with Crippen LogP contribution in [0.15, 0.2) is 24.3 Å². The first-order chi connectivity index (χ1) is 3.80. The second-order valence-corrected chi connectivity index (χ2v) is 2.61. The Bertz CT molecular complexity index is 165. The highest BCUT2D eigenvalue weighted by Gasteiger charge is 1.89. The SMILES string of the molecule is Oc1ccccc1[131I]. The van der Waals surface area contributed by atoms with Gasteiger partial charge in [0.25, 0.3) is 0 Å². The van der Waals surface area contributed by atoms with Crippen molar-refractivity contribution in [2.45, 2.75) is 0 Å². The lowest BCUT2D eigenvalue weighted by atomic mass is 10.3. The third kappa shape index (κ3) is 1.12. The van der Waals surface area contributed by atoms with Gasteiger partial charge in [-0.25, -0.2) is 0 Å². The van der Waals surface area contributed by atoms with Gasteiger partial charge < -0.3 is 5.11 Å². The molecule has 0 bridgehead atoms. The zero-order valence-electron chi connectivity index (χ0n) is 4.13. The summed E-state index contributed by atoms with van der Waals surface area (Å²) in [7, 11) is 0. The van der Waals surface area contributed by atoms with Crippen LogP contribution < -0.4 is 0 Å². The fraction of sp³-hybridized carbons (Fsp3) is 0. The maximum Gasteiger partial charge on any atom is 0.128 e. The smallest absolute Gasteiger partial charge is 0.128 e. The minimum atomic E-state index is 0.355. The minimum absolute atomic E-state index is 0.355. The van der Waals surface area contributed by atoms with Crippen molar-refractivity contribution < 1.29 is 5.11 Å². The number of rotatable bonds is 0. The van der Waals surface area contributed by atoms with Crippen molar-refractivity contribution in [3.8, 4) is 5.75 Å². The molecule has 0 heterocycles. The standard InChI is InChI=1S/C6H5IO/c7-5-3-1-2-4-6(5)8/h1-4,8H/i7+4. The Kier molecular flexibility index (Phi) is 1.73. The molecule has 1 aromatic rings. The summed E-state index contributed by atoms with van der Waals surface area (Å²) in [5, 5.41) is 8.91. The van der Waals surface area contributed by atoms with E-state index in [0.717, 1.165) is 3.57 Å². The van der Waals surface area contributed by atoms with Gasteiger partial charge in [-0.05, 0) is 34.7 Å². The monoisotopic (exact) mass is 224 g/mol. The zero-order chi connectivity index (χ0) is 5.98. The van der Waals surface area contributed by atoms with Gasteiger partial charge in [-0.2, -0.15) is 0 Å². The number of para-hydroxylation sites is 1. The summed E-state index contributed by atoms with van der Waals surface area (Å²) in [6, 6.07) is 7.22. The van der Waals surface area contributed by atoms with E-state index >= 15 is 0 Å². The first-order valence-corrected chi connectivity index (χ1v) is 3.32. The molecular formula is C6H5IO. The van der Waals surface area contributed by atoms with Gasteiger partial charge in [-0.3, -0.25) is 0 Å². The lowest BCUT2D eigenvalue weighted by Crippen LogP contribution is -1.67. The van der Waals surface area contributed by atoms with Crippen LogP contribution >= 0.6 is 22.6 Å². The van der Waals surface area contributed by atoms with Crippen LogP contribution in [0.3, 0.4) is 0 Å². The molecule has 0 spiro atoms. The molecule has 0 aromatic heterocycles. The molecule has 0 unspecified atom stereocenters. The second-order valence-electron chi connectivity index (χ2n) is 1.45. The second kappa shape index (κ2) is 2.35. The van der Waals surface area contributed by atoms with Crippen molar-refractivity contribution in [1.29, 1.82) is 0 Å². The Labute approximate surface area is 61.5 Å². The predicted octanol–water partition coefficient (Wildman–Crippen LogP) is 2.00. The van der Waals surface area contributed by atoms with Gasteiger partial charge in [0.1, 0.15) is 5.75 Å². The van der Waals surface area contributed by atoms with Crippen molar-refractivity contribution in [3.63, 3.8) is 0 Å². The van der Waals surface area contributed by atoms with E-state index in [2.05, 4.69) is 22.6 Å². The van der Waals surface area contributed by atoms with Crippen LogP contribution in [0.4, 0.5) is 0 Å². The summed E-state index contributed by atoms with van der Waals surface area (Å²) >= 11 is 2.07. The van der Waals surface area contributed by atoms with E-state index in [0.29, 0.717) is 5.75 Å². The van der Waals surface area contributed by atoms with Gasteiger partial charge in [0.2, 0.25) is 0 Å². The molecule has 0 fully saturated rings. The van der Waals surface area contributed by atoms with Crippen LogP contribution in [-0.4, -0.2) is 5.11 Å². The number of benzene rings is 1. The zero-order valence-corrected chi connectivity index (χ0v) is 6.29. The molecule has 0 aliphatic rings. The van der Waals surface area contributed by atoms with Crippen molar-refractivity contribution in [2.75, 3.05) is 0 Å². The molecular weight excluding hydrogens is 219 g/mol. The Hall–Kier alpha value is -0.250. The van der Waals surface area contributed by atoms with E-state index in [4.69, 9.17) is 5.11 Å². The molecule has 0 saturated carbocycles. The van der Waals surface area contributed by atoms with Gasteiger partial charge in [-0.15, -0.1) is 0 Å². The van der Waals surface area contributed by atoms with Crippen molar-refractivity contribution >= 4 is 22.6 Å². The number of halogens is 1. The minimum Gasteiger partial charge on any atom is -0.507 e.